The predicted molar refractivity (Wildman–Crippen MR) is 82.0 cm³/mol. The number of nitrogens with one attached hydrogen (secondary N) is 1. The van der Waals surface area contributed by atoms with Gasteiger partial charge in [0.15, 0.2) is 0 Å². The van der Waals surface area contributed by atoms with Crippen LogP contribution in [0.3, 0.4) is 0 Å². The van der Waals surface area contributed by atoms with Crippen molar-refractivity contribution in [2.75, 3.05) is 12.4 Å². The molecule has 0 spiro atoms. The Balaban J connectivity index is 1.98. The number of carboxylic acids is 1. The summed E-state index contributed by atoms with van der Waals surface area (Å²) < 4.78 is 0. The molecule has 3 rings (SSSR count). The highest BCUT2D eigenvalue weighted by Crippen LogP contribution is 2.42. The summed E-state index contributed by atoms with van der Waals surface area (Å²) in [5.74, 6) is -0.387. The summed E-state index contributed by atoms with van der Waals surface area (Å²) >= 11 is 1.60. The highest BCUT2D eigenvalue weighted by atomic mass is 32.1. The molecular weight excluding hydrogens is 270 g/mol. The van der Waals surface area contributed by atoms with E-state index < -0.39 is 5.97 Å². The summed E-state index contributed by atoms with van der Waals surface area (Å²) in [7, 11) is 1.79. The minimum atomic E-state index is -0.819. The molecule has 0 bridgehead atoms. The smallest absolute Gasteiger partial charge is 0.338 e. The van der Waals surface area contributed by atoms with Gasteiger partial charge in [-0.2, -0.15) is 0 Å². The van der Waals surface area contributed by atoms with Crippen molar-refractivity contribution in [3.8, 4) is 0 Å². The Morgan fingerprint density at radius 3 is 2.75 bits per heavy atom. The number of carboxylic acid groups (broad SMARTS) is 1. The molecule has 20 heavy (non-hydrogen) atoms. The van der Waals surface area contributed by atoms with Gasteiger partial charge in [0.05, 0.1) is 5.56 Å². The Labute approximate surface area is 122 Å². The summed E-state index contributed by atoms with van der Waals surface area (Å²) in [6, 6.07) is 10.4. The van der Waals surface area contributed by atoms with Crippen molar-refractivity contribution >= 4 is 22.3 Å². The van der Waals surface area contributed by atoms with Crippen molar-refractivity contribution in [1.29, 1.82) is 0 Å². The molecule has 104 valence electrons. The molecule has 1 aromatic heterocycles. The van der Waals surface area contributed by atoms with Crippen LogP contribution in [0.15, 0.2) is 30.3 Å². The Morgan fingerprint density at radius 2 is 2.10 bits per heavy atom. The molecule has 0 saturated heterocycles. The number of carbonyl (C=O) groups is 1. The fraction of sp³-hybridized carbons (Fsp3) is 0.312. The molecule has 2 N–H and O–H groups in total. The molecular formula is C16H17NO2S. The number of hydrogen-bond acceptors (Lipinski definition) is 3. The first-order valence-electron chi connectivity index (χ1n) is 6.81. The van der Waals surface area contributed by atoms with Gasteiger partial charge in [-0.25, -0.2) is 4.79 Å². The van der Waals surface area contributed by atoms with Crippen LogP contribution in [-0.2, 0) is 12.8 Å². The molecule has 1 aliphatic carbocycles. The van der Waals surface area contributed by atoms with Gasteiger partial charge < -0.3 is 10.4 Å². The van der Waals surface area contributed by atoms with Gasteiger partial charge in [0.2, 0.25) is 0 Å². The number of hydrogen-bond donors (Lipinski definition) is 2. The number of anilines is 1. The van der Waals surface area contributed by atoms with Crippen LogP contribution in [0.5, 0.6) is 0 Å². The second-order valence-electron chi connectivity index (χ2n) is 5.11. The Bertz CT molecular complexity index is 633. The lowest BCUT2D eigenvalue weighted by Gasteiger charge is -2.23. The van der Waals surface area contributed by atoms with Crippen LogP contribution in [-0.4, -0.2) is 18.1 Å². The molecule has 3 nitrogen and oxygen atoms in total. The van der Waals surface area contributed by atoms with Crippen molar-refractivity contribution in [3.05, 3.63) is 51.9 Å². The van der Waals surface area contributed by atoms with Gasteiger partial charge in [-0.05, 0) is 36.3 Å². The monoisotopic (exact) mass is 287 g/mol. The van der Waals surface area contributed by atoms with E-state index in [2.05, 4.69) is 29.6 Å². The second kappa shape index (κ2) is 5.29. The van der Waals surface area contributed by atoms with Crippen LogP contribution in [0.4, 0.5) is 5.00 Å². The van der Waals surface area contributed by atoms with E-state index in [0.717, 1.165) is 29.8 Å². The van der Waals surface area contributed by atoms with Crippen LogP contribution in [0.2, 0.25) is 0 Å². The summed E-state index contributed by atoms with van der Waals surface area (Å²) in [5, 5.41) is 13.3. The molecule has 4 heteroatoms. The average molecular weight is 287 g/mol. The molecule has 0 radical (unpaired) electrons. The van der Waals surface area contributed by atoms with E-state index in [-0.39, 0.29) is 0 Å². The lowest BCUT2D eigenvalue weighted by atomic mass is 9.82. The number of fused-ring (bicyclic) bond motifs is 1. The van der Waals surface area contributed by atoms with E-state index in [9.17, 15) is 9.90 Å². The molecule has 1 aliphatic rings. The fourth-order valence-electron chi connectivity index (χ4n) is 3.00. The first-order chi connectivity index (χ1) is 9.70. The number of thiophene rings is 1. The quantitative estimate of drug-likeness (QED) is 0.903. The first kappa shape index (κ1) is 13.2. The van der Waals surface area contributed by atoms with Crippen LogP contribution < -0.4 is 5.32 Å². The fourth-order valence-corrected chi connectivity index (χ4v) is 4.19. The molecule has 0 amide bonds. The van der Waals surface area contributed by atoms with E-state index in [1.165, 1.54) is 10.4 Å². The topological polar surface area (TPSA) is 49.3 Å². The summed E-state index contributed by atoms with van der Waals surface area (Å²) in [5.41, 5.74) is 2.83. The van der Waals surface area contributed by atoms with Gasteiger partial charge in [0.25, 0.3) is 0 Å². The zero-order chi connectivity index (χ0) is 14.1. The molecule has 1 aromatic carbocycles. The highest BCUT2D eigenvalue weighted by Gasteiger charge is 2.29. The summed E-state index contributed by atoms with van der Waals surface area (Å²) in [6.07, 6.45) is 2.90. The molecule has 0 saturated carbocycles. The van der Waals surface area contributed by atoms with Crippen molar-refractivity contribution in [2.45, 2.75) is 25.2 Å². The van der Waals surface area contributed by atoms with Gasteiger partial charge in [-0.15, -0.1) is 11.3 Å². The normalized spacial score (nSPS) is 17.6. The number of benzene rings is 1. The molecule has 0 fully saturated rings. The Kier molecular flexibility index (Phi) is 3.49. The minimum absolute atomic E-state index is 0.432. The maximum Gasteiger partial charge on any atom is 0.338 e. The lowest BCUT2D eigenvalue weighted by Crippen LogP contribution is -2.14. The van der Waals surface area contributed by atoms with Gasteiger partial charge in [-0.1, -0.05) is 30.3 Å². The summed E-state index contributed by atoms with van der Waals surface area (Å²) in [4.78, 5) is 12.8. The third-order valence-electron chi connectivity index (χ3n) is 3.97. The SMILES string of the molecule is CNc1sc2c(c1C(=O)O)CC(c1ccccc1)CC2. The third-order valence-corrected chi connectivity index (χ3v) is 5.28. The zero-order valence-electron chi connectivity index (χ0n) is 11.3. The number of aryl methyl sites for hydroxylation is 1. The lowest BCUT2D eigenvalue weighted by molar-refractivity contribution is 0.0697. The van der Waals surface area contributed by atoms with E-state index in [0.29, 0.717) is 11.5 Å². The maximum absolute atomic E-state index is 11.5. The number of aromatic carboxylic acids is 1. The maximum atomic E-state index is 11.5. The average Bonchev–Trinajstić information content (AvgIpc) is 2.85. The van der Waals surface area contributed by atoms with Crippen molar-refractivity contribution in [1.82, 2.24) is 0 Å². The number of rotatable bonds is 3. The minimum Gasteiger partial charge on any atom is -0.478 e. The Morgan fingerprint density at radius 1 is 1.35 bits per heavy atom. The molecule has 0 aliphatic heterocycles. The highest BCUT2D eigenvalue weighted by molar-refractivity contribution is 7.16. The van der Waals surface area contributed by atoms with Gasteiger partial charge in [0.1, 0.15) is 5.00 Å². The molecule has 1 unspecified atom stereocenters. The van der Waals surface area contributed by atoms with Crippen LogP contribution in [0.25, 0.3) is 0 Å². The Hall–Kier alpha value is -1.81. The van der Waals surface area contributed by atoms with Gasteiger partial charge in [-0.3, -0.25) is 0 Å². The van der Waals surface area contributed by atoms with Crippen LogP contribution in [0.1, 0.15) is 38.7 Å². The summed E-state index contributed by atoms with van der Waals surface area (Å²) in [6.45, 7) is 0. The standard InChI is InChI=1S/C16H17NO2S/c1-17-15-14(16(18)19)12-9-11(7-8-13(12)20-15)10-5-3-2-4-6-10/h2-6,11,17H,7-9H2,1H3,(H,18,19). The second-order valence-corrected chi connectivity index (χ2v) is 6.22. The van der Waals surface area contributed by atoms with Crippen molar-refractivity contribution < 1.29 is 9.90 Å². The predicted octanol–water partition coefficient (Wildman–Crippen LogP) is 3.76. The molecule has 1 atom stereocenters. The van der Waals surface area contributed by atoms with E-state index in [1.54, 1.807) is 18.4 Å². The molecule has 2 aromatic rings. The van der Waals surface area contributed by atoms with Crippen molar-refractivity contribution in [2.24, 2.45) is 0 Å². The van der Waals surface area contributed by atoms with Crippen LogP contribution >= 0.6 is 11.3 Å². The van der Waals surface area contributed by atoms with Gasteiger partial charge >= 0.3 is 5.97 Å². The van der Waals surface area contributed by atoms with Crippen molar-refractivity contribution in [3.63, 3.8) is 0 Å². The largest absolute Gasteiger partial charge is 0.478 e. The zero-order valence-corrected chi connectivity index (χ0v) is 12.2. The van der Waals surface area contributed by atoms with Gasteiger partial charge in [0, 0.05) is 11.9 Å². The first-order valence-corrected chi connectivity index (χ1v) is 7.63. The van der Waals surface area contributed by atoms with Crippen LogP contribution in [0, 0.1) is 0 Å². The van der Waals surface area contributed by atoms with E-state index >= 15 is 0 Å². The van der Waals surface area contributed by atoms with E-state index in [1.807, 2.05) is 6.07 Å². The third kappa shape index (κ3) is 2.20. The van der Waals surface area contributed by atoms with E-state index in [4.69, 9.17) is 0 Å². The molecule has 1 heterocycles.